The molecule has 1 aromatic rings. The Labute approximate surface area is 105 Å². The first-order valence-electron chi connectivity index (χ1n) is 5.91. The van der Waals surface area contributed by atoms with Crippen LogP contribution in [0.25, 0.3) is 0 Å². The van der Waals surface area contributed by atoms with Crippen LogP contribution in [0.3, 0.4) is 0 Å². The van der Waals surface area contributed by atoms with Gasteiger partial charge in [-0.2, -0.15) is 0 Å². The molecule has 0 aromatic carbocycles. The van der Waals surface area contributed by atoms with Crippen LogP contribution in [0.2, 0.25) is 0 Å². The number of rotatable bonds is 2. The summed E-state index contributed by atoms with van der Waals surface area (Å²) in [6.07, 6.45) is 6.92. The summed E-state index contributed by atoms with van der Waals surface area (Å²) < 4.78 is 0.933. The first-order valence-corrected chi connectivity index (χ1v) is 6.70. The fourth-order valence-electron chi connectivity index (χ4n) is 2.27. The van der Waals surface area contributed by atoms with Crippen LogP contribution in [0.5, 0.6) is 0 Å². The summed E-state index contributed by atoms with van der Waals surface area (Å²) >= 11 is 3.44. The molecule has 16 heavy (non-hydrogen) atoms. The van der Waals surface area contributed by atoms with Crippen molar-refractivity contribution in [2.45, 2.75) is 38.5 Å². The maximum absolute atomic E-state index is 4.57. The zero-order valence-electron chi connectivity index (χ0n) is 9.83. The summed E-state index contributed by atoms with van der Waals surface area (Å²) in [5, 5.41) is 3.09. The lowest BCUT2D eigenvalue weighted by Crippen LogP contribution is -2.14. The predicted molar refractivity (Wildman–Crippen MR) is 69.7 cm³/mol. The molecule has 2 rings (SSSR count). The van der Waals surface area contributed by atoms with Crippen molar-refractivity contribution in [3.63, 3.8) is 0 Å². The van der Waals surface area contributed by atoms with Crippen molar-refractivity contribution in [2.24, 2.45) is 5.92 Å². The van der Waals surface area contributed by atoms with Crippen molar-refractivity contribution in [1.82, 2.24) is 9.97 Å². The lowest BCUT2D eigenvalue weighted by molar-refractivity contribution is 0.340. The first kappa shape index (κ1) is 11.8. The van der Waals surface area contributed by atoms with Crippen molar-refractivity contribution in [1.29, 1.82) is 0 Å². The van der Waals surface area contributed by atoms with Gasteiger partial charge in [0.2, 0.25) is 0 Å². The fourth-order valence-corrected chi connectivity index (χ4v) is 2.66. The molecular formula is C12H18BrN3. The van der Waals surface area contributed by atoms with Gasteiger partial charge in [-0.05, 0) is 34.7 Å². The summed E-state index contributed by atoms with van der Waals surface area (Å²) in [6.45, 7) is 2.33. The van der Waals surface area contributed by atoms with Crippen molar-refractivity contribution in [2.75, 3.05) is 12.4 Å². The average molecular weight is 284 g/mol. The van der Waals surface area contributed by atoms with Gasteiger partial charge >= 0.3 is 0 Å². The molecule has 1 aromatic heterocycles. The minimum absolute atomic E-state index is 0.552. The van der Waals surface area contributed by atoms with Crippen LogP contribution in [0.4, 0.5) is 5.82 Å². The molecule has 0 radical (unpaired) electrons. The molecule has 0 bridgehead atoms. The van der Waals surface area contributed by atoms with E-state index in [-0.39, 0.29) is 0 Å². The van der Waals surface area contributed by atoms with E-state index >= 15 is 0 Å². The Morgan fingerprint density at radius 1 is 1.31 bits per heavy atom. The first-order chi connectivity index (χ1) is 7.70. The number of halogens is 1. The van der Waals surface area contributed by atoms with Gasteiger partial charge in [0.05, 0.1) is 4.47 Å². The predicted octanol–water partition coefficient (Wildman–Crippen LogP) is 3.57. The molecule has 0 unspecified atom stereocenters. The summed E-state index contributed by atoms with van der Waals surface area (Å²) in [6, 6.07) is 0. The topological polar surface area (TPSA) is 37.8 Å². The van der Waals surface area contributed by atoms with E-state index in [0.29, 0.717) is 5.92 Å². The Kier molecular flexibility index (Phi) is 3.79. The number of anilines is 1. The van der Waals surface area contributed by atoms with Crippen molar-refractivity contribution in [3.05, 3.63) is 16.5 Å². The molecule has 1 N–H and O–H groups in total. The molecule has 0 atom stereocenters. The van der Waals surface area contributed by atoms with Crippen LogP contribution in [0.1, 0.15) is 44.3 Å². The van der Waals surface area contributed by atoms with Crippen LogP contribution < -0.4 is 5.32 Å². The lowest BCUT2D eigenvalue weighted by Gasteiger charge is -2.25. The van der Waals surface area contributed by atoms with Crippen LogP contribution in [-0.4, -0.2) is 17.0 Å². The van der Waals surface area contributed by atoms with Crippen molar-refractivity contribution in [3.8, 4) is 0 Å². The van der Waals surface area contributed by atoms with E-state index in [1.54, 1.807) is 0 Å². The van der Waals surface area contributed by atoms with E-state index in [2.05, 4.69) is 38.1 Å². The largest absolute Gasteiger partial charge is 0.372 e. The van der Waals surface area contributed by atoms with E-state index in [4.69, 9.17) is 0 Å². The van der Waals surface area contributed by atoms with Gasteiger partial charge in [-0.3, -0.25) is 0 Å². The highest BCUT2D eigenvalue weighted by Crippen LogP contribution is 2.34. The maximum Gasteiger partial charge on any atom is 0.143 e. The number of nitrogens with one attached hydrogen (secondary N) is 1. The molecular weight excluding hydrogens is 266 g/mol. The number of hydrogen-bond acceptors (Lipinski definition) is 3. The van der Waals surface area contributed by atoms with Gasteiger partial charge in [0.1, 0.15) is 11.6 Å². The van der Waals surface area contributed by atoms with E-state index in [1.807, 2.05) is 13.2 Å². The van der Waals surface area contributed by atoms with Gasteiger partial charge in [-0.15, -0.1) is 0 Å². The summed E-state index contributed by atoms with van der Waals surface area (Å²) in [4.78, 5) is 9.01. The quantitative estimate of drug-likeness (QED) is 0.902. The highest BCUT2D eigenvalue weighted by atomic mass is 79.9. The van der Waals surface area contributed by atoms with E-state index < -0.39 is 0 Å². The molecule has 88 valence electrons. The molecule has 0 saturated heterocycles. The Morgan fingerprint density at radius 2 is 2.00 bits per heavy atom. The molecule has 4 heteroatoms. The molecule has 0 spiro atoms. The zero-order chi connectivity index (χ0) is 11.5. The van der Waals surface area contributed by atoms with Gasteiger partial charge < -0.3 is 5.32 Å². The smallest absolute Gasteiger partial charge is 0.143 e. The molecule has 1 fully saturated rings. The molecule has 1 aliphatic rings. The second-order valence-electron chi connectivity index (χ2n) is 4.63. The van der Waals surface area contributed by atoms with Gasteiger partial charge in [0.15, 0.2) is 0 Å². The highest BCUT2D eigenvalue weighted by molar-refractivity contribution is 9.10. The second kappa shape index (κ2) is 5.13. The minimum Gasteiger partial charge on any atom is -0.372 e. The normalized spacial score (nSPS) is 25.4. The average Bonchev–Trinajstić information content (AvgIpc) is 2.31. The number of hydrogen-bond donors (Lipinski definition) is 1. The maximum atomic E-state index is 4.57. The van der Waals surface area contributed by atoms with E-state index in [1.165, 1.54) is 25.7 Å². The molecule has 0 amide bonds. The Morgan fingerprint density at radius 3 is 2.62 bits per heavy atom. The van der Waals surface area contributed by atoms with Crippen molar-refractivity contribution >= 4 is 21.7 Å². The van der Waals surface area contributed by atoms with Crippen LogP contribution in [0.15, 0.2) is 10.7 Å². The molecule has 1 saturated carbocycles. The molecule has 1 aliphatic carbocycles. The number of aromatic nitrogens is 2. The molecule has 0 aliphatic heterocycles. The summed E-state index contributed by atoms with van der Waals surface area (Å²) in [5.74, 6) is 3.31. The third-order valence-electron chi connectivity index (χ3n) is 3.38. The third-order valence-corrected chi connectivity index (χ3v) is 3.96. The van der Waals surface area contributed by atoms with Crippen LogP contribution in [-0.2, 0) is 0 Å². The summed E-state index contributed by atoms with van der Waals surface area (Å²) in [7, 11) is 1.89. The molecule has 3 nitrogen and oxygen atoms in total. The van der Waals surface area contributed by atoms with Gasteiger partial charge in [-0.25, -0.2) is 9.97 Å². The lowest BCUT2D eigenvalue weighted by atomic mass is 9.82. The monoisotopic (exact) mass is 283 g/mol. The van der Waals surface area contributed by atoms with Crippen molar-refractivity contribution < 1.29 is 0 Å². The zero-order valence-corrected chi connectivity index (χ0v) is 11.4. The molecule has 1 heterocycles. The van der Waals surface area contributed by atoms with Gasteiger partial charge in [0, 0.05) is 19.2 Å². The standard InChI is InChI=1S/C12H18BrN3/c1-8-3-5-9(6-4-8)11-15-7-10(13)12(14-2)16-11/h7-9H,3-6H2,1-2H3,(H,14,15,16). The Bertz CT molecular complexity index is 359. The SMILES string of the molecule is CNc1nc(C2CCC(C)CC2)ncc1Br. The second-order valence-corrected chi connectivity index (χ2v) is 5.49. The van der Waals surface area contributed by atoms with E-state index in [0.717, 1.165) is 22.0 Å². The third kappa shape index (κ3) is 2.54. The fraction of sp³-hybridized carbons (Fsp3) is 0.667. The minimum atomic E-state index is 0.552. The summed E-state index contributed by atoms with van der Waals surface area (Å²) in [5.41, 5.74) is 0. The van der Waals surface area contributed by atoms with Gasteiger partial charge in [0.25, 0.3) is 0 Å². The Balaban J connectivity index is 2.14. The van der Waals surface area contributed by atoms with Gasteiger partial charge in [-0.1, -0.05) is 19.8 Å². The Hall–Kier alpha value is -0.640. The van der Waals surface area contributed by atoms with Crippen LogP contribution in [0, 0.1) is 5.92 Å². The number of nitrogens with zero attached hydrogens (tertiary/aromatic N) is 2. The van der Waals surface area contributed by atoms with E-state index in [9.17, 15) is 0 Å². The highest BCUT2D eigenvalue weighted by Gasteiger charge is 2.22. The van der Waals surface area contributed by atoms with Crippen LogP contribution >= 0.6 is 15.9 Å².